The molecule has 0 saturated carbocycles. The number of thiocarbonyl (C=S) groups is 1. The van der Waals surface area contributed by atoms with Crippen LogP contribution in [0.2, 0.25) is 0 Å². The number of allylic oxidation sites excluding steroid dienone is 1. The summed E-state index contributed by atoms with van der Waals surface area (Å²) in [5.74, 6) is 1.45. The number of hydrogen-bond acceptors (Lipinski definition) is 4. The molecule has 0 aliphatic carbocycles. The summed E-state index contributed by atoms with van der Waals surface area (Å²) < 4.78 is 13.7. The first kappa shape index (κ1) is 21.4. The minimum Gasteiger partial charge on any atom is -0.493 e. The molecule has 0 amide bonds. The van der Waals surface area contributed by atoms with Crippen molar-refractivity contribution in [1.29, 1.82) is 0 Å². The van der Waals surface area contributed by atoms with Crippen LogP contribution in [0.4, 0.5) is 0 Å². The van der Waals surface area contributed by atoms with Gasteiger partial charge in [-0.15, -0.1) is 6.58 Å². The first-order valence-corrected chi connectivity index (χ1v) is 10.0. The third-order valence-electron chi connectivity index (χ3n) is 4.83. The van der Waals surface area contributed by atoms with Gasteiger partial charge in [-0.3, -0.25) is 5.43 Å². The van der Waals surface area contributed by atoms with Gasteiger partial charge in [0.15, 0.2) is 16.6 Å². The maximum Gasteiger partial charge on any atom is 0.184 e. The van der Waals surface area contributed by atoms with E-state index in [1.54, 1.807) is 13.3 Å². The van der Waals surface area contributed by atoms with Crippen molar-refractivity contribution in [2.24, 2.45) is 10.8 Å². The molecule has 0 saturated heterocycles. The third-order valence-corrected chi connectivity index (χ3v) is 4.92. The molecular weight excluding hydrogens is 396 g/mol. The highest BCUT2D eigenvalue weighted by atomic mass is 32.1. The number of nitrogens with zero attached hydrogens (tertiary/aromatic N) is 2. The topological polar surface area (TPSA) is 73.8 Å². The van der Waals surface area contributed by atoms with Crippen LogP contribution in [-0.2, 0) is 13.0 Å². The Morgan fingerprint density at radius 2 is 2.07 bits per heavy atom. The molecule has 156 valence electrons. The fraction of sp³-hybridized carbons (Fsp3) is 0.217. The summed E-state index contributed by atoms with van der Waals surface area (Å²) in [6.45, 7) is 7.02. The molecule has 0 atom stereocenters. The lowest BCUT2D eigenvalue weighted by molar-refractivity contribution is 0.280. The van der Waals surface area contributed by atoms with Gasteiger partial charge in [-0.2, -0.15) is 5.10 Å². The van der Waals surface area contributed by atoms with E-state index in [-0.39, 0.29) is 5.11 Å². The SMILES string of the molecule is C=CCc1ccc(OCCn2c(C)c(/C=N\NC(N)=S)c3ccccc32)c(OC)c1. The molecule has 7 heteroatoms. The lowest BCUT2D eigenvalue weighted by Gasteiger charge is -2.13. The van der Waals surface area contributed by atoms with E-state index in [0.29, 0.717) is 13.2 Å². The van der Waals surface area contributed by atoms with Crippen LogP contribution in [0.1, 0.15) is 16.8 Å². The monoisotopic (exact) mass is 422 g/mol. The molecular formula is C23H26N4O2S. The summed E-state index contributed by atoms with van der Waals surface area (Å²) in [7, 11) is 1.65. The molecule has 0 unspecified atom stereocenters. The fourth-order valence-corrected chi connectivity index (χ4v) is 3.49. The second-order valence-electron chi connectivity index (χ2n) is 6.73. The van der Waals surface area contributed by atoms with Crippen LogP contribution in [0.3, 0.4) is 0 Å². The van der Waals surface area contributed by atoms with Crippen LogP contribution < -0.4 is 20.6 Å². The highest BCUT2D eigenvalue weighted by Crippen LogP contribution is 2.29. The number of nitrogens with one attached hydrogen (secondary N) is 1. The van der Waals surface area contributed by atoms with Crippen molar-refractivity contribution in [3.63, 3.8) is 0 Å². The molecule has 0 radical (unpaired) electrons. The number of nitrogens with two attached hydrogens (primary N) is 1. The molecule has 3 N–H and O–H groups in total. The molecule has 1 aromatic heterocycles. The predicted octanol–water partition coefficient (Wildman–Crippen LogP) is 3.93. The van der Waals surface area contributed by atoms with Crippen LogP contribution in [0, 0.1) is 6.92 Å². The summed E-state index contributed by atoms with van der Waals surface area (Å²) in [5.41, 5.74) is 12.4. The quantitative estimate of drug-likeness (QED) is 0.237. The maximum atomic E-state index is 6.04. The van der Waals surface area contributed by atoms with E-state index >= 15 is 0 Å². The van der Waals surface area contributed by atoms with E-state index in [0.717, 1.165) is 45.6 Å². The molecule has 0 spiro atoms. The van der Waals surface area contributed by atoms with Crippen molar-refractivity contribution in [1.82, 2.24) is 9.99 Å². The molecule has 0 fully saturated rings. The summed E-state index contributed by atoms with van der Waals surface area (Å²) in [5, 5.41) is 5.37. The second-order valence-corrected chi connectivity index (χ2v) is 7.17. The van der Waals surface area contributed by atoms with Gasteiger partial charge in [0, 0.05) is 22.2 Å². The zero-order valence-corrected chi connectivity index (χ0v) is 18.0. The molecule has 2 aromatic carbocycles. The Labute approximate surface area is 182 Å². The maximum absolute atomic E-state index is 6.04. The number of methoxy groups -OCH3 is 1. The summed E-state index contributed by atoms with van der Waals surface area (Å²) in [6, 6.07) is 14.1. The summed E-state index contributed by atoms with van der Waals surface area (Å²) in [4.78, 5) is 0. The summed E-state index contributed by atoms with van der Waals surface area (Å²) in [6.07, 6.45) is 4.40. The molecule has 0 aliphatic heterocycles. The van der Waals surface area contributed by atoms with Crippen molar-refractivity contribution < 1.29 is 9.47 Å². The van der Waals surface area contributed by atoms with Gasteiger partial charge >= 0.3 is 0 Å². The summed E-state index contributed by atoms with van der Waals surface area (Å²) >= 11 is 4.81. The highest BCUT2D eigenvalue weighted by Gasteiger charge is 2.13. The van der Waals surface area contributed by atoms with Crippen LogP contribution in [0.15, 0.2) is 60.2 Å². The van der Waals surface area contributed by atoms with Crippen molar-refractivity contribution >= 4 is 34.4 Å². The van der Waals surface area contributed by atoms with Gasteiger partial charge in [0.1, 0.15) is 6.61 Å². The van der Waals surface area contributed by atoms with Crippen LogP contribution in [0.5, 0.6) is 11.5 Å². The Morgan fingerprint density at radius 3 is 2.80 bits per heavy atom. The number of para-hydroxylation sites is 1. The number of rotatable bonds is 9. The Morgan fingerprint density at radius 1 is 1.27 bits per heavy atom. The lowest BCUT2D eigenvalue weighted by Crippen LogP contribution is -2.24. The number of hydrazone groups is 1. The standard InChI is InChI=1S/C23H26N4O2S/c1-4-7-17-10-11-21(22(14-17)28-3)29-13-12-27-16(2)19(15-25-26-23(24)30)18-8-5-6-9-20(18)27/h4-6,8-11,14-15H,1,7,12-13H2,2-3H3,(H3,24,26,30)/b25-15-. The van der Waals surface area contributed by atoms with Crippen molar-refractivity contribution in [3.8, 4) is 11.5 Å². The highest BCUT2D eigenvalue weighted by molar-refractivity contribution is 7.80. The number of benzene rings is 2. The average Bonchev–Trinajstić information content (AvgIpc) is 3.00. The average molecular weight is 423 g/mol. The first-order chi connectivity index (χ1) is 14.5. The molecule has 6 nitrogen and oxygen atoms in total. The lowest BCUT2D eigenvalue weighted by atomic mass is 10.1. The van der Waals surface area contributed by atoms with E-state index in [1.165, 1.54) is 0 Å². The third kappa shape index (κ3) is 4.80. The minimum absolute atomic E-state index is 0.133. The fourth-order valence-electron chi connectivity index (χ4n) is 3.44. The van der Waals surface area contributed by atoms with E-state index < -0.39 is 0 Å². The molecule has 3 aromatic rings. The number of aromatic nitrogens is 1. The zero-order chi connectivity index (χ0) is 21.5. The Balaban J connectivity index is 1.80. The number of fused-ring (bicyclic) bond motifs is 1. The van der Waals surface area contributed by atoms with Crippen LogP contribution in [0.25, 0.3) is 10.9 Å². The van der Waals surface area contributed by atoms with Gasteiger partial charge in [0.05, 0.1) is 19.9 Å². The smallest absolute Gasteiger partial charge is 0.184 e. The van der Waals surface area contributed by atoms with Crippen LogP contribution >= 0.6 is 12.2 Å². The van der Waals surface area contributed by atoms with Gasteiger partial charge in [-0.25, -0.2) is 0 Å². The Bertz CT molecular complexity index is 1090. The molecule has 0 aliphatic rings. The van der Waals surface area contributed by atoms with Crippen molar-refractivity contribution in [2.75, 3.05) is 13.7 Å². The zero-order valence-electron chi connectivity index (χ0n) is 17.2. The Hall–Kier alpha value is -3.32. The van der Waals surface area contributed by atoms with E-state index in [1.807, 2.05) is 36.4 Å². The van der Waals surface area contributed by atoms with Gasteiger partial charge < -0.3 is 19.8 Å². The van der Waals surface area contributed by atoms with E-state index in [9.17, 15) is 0 Å². The molecule has 1 heterocycles. The first-order valence-electron chi connectivity index (χ1n) is 9.62. The minimum atomic E-state index is 0.133. The van der Waals surface area contributed by atoms with Gasteiger partial charge in [-0.05, 0) is 49.3 Å². The van der Waals surface area contributed by atoms with Crippen LogP contribution in [-0.4, -0.2) is 29.6 Å². The van der Waals surface area contributed by atoms with Gasteiger partial charge in [0.2, 0.25) is 0 Å². The van der Waals surface area contributed by atoms with E-state index in [4.69, 9.17) is 27.4 Å². The second kappa shape index (κ2) is 9.93. The number of ether oxygens (including phenoxy) is 2. The van der Waals surface area contributed by atoms with Crippen molar-refractivity contribution in [3.05, 3.63) is 71.9 Å². The van der Waals surface area contributed by atoms with Gasteiger partial charge in [0.25, 0.3) is 0 Å². The van der Waals surface area contributed by atoms with Gasteiger partial charge in [-0.1, -0.05) is 30.3 Å². The number of hydrogen-bond donors (Lipinski definition) is 2. The molecule has 3 rings (SSSR count). The largest absolute Gasteiger partial charge is 0.493 e. The predicted molar refractivity (Wildman–Crippen MR) is 127 cm³/mol. The Kier molecular flexibility index (Phi) is 7.08. The molecule has 30 heavy (non-hydrogen) atoms. The van der Waals surface area contributed by atoms with E-state index in [2.05, 4.69) is 40.7 Å². The molecule has 0 bridgehead atoms. The normalized spacial score (nSPS) is 11.0. The van der Waals surface area contributed by atoms with Crippen molar-refractivity contribution in [2.45, 2.75) is 19.9 Å².